The second kappa shape index (κ2) is 4.81. The van der Waals surface area contributed by atoms with Crippen molar-refractivity contribution in [1.82, 2.24) is 4.98 Å². The lowest BCUT2D eigenvalue weighted by Crippen LogP contribution is -2.30. The highest BCUT2D eigenvalue weighted by Crippen LogP contribution is 2.28. The number of halogens is 1. The highest BCUT2D eigenvalue weighted by molar-refractivity contribution is 6.33. The van der Waals surface area contributed by atoms with E-state index in [1.807, 2.05) is 6.07 Å². The molecule has 1 saturated heterocycles. The van der Waals surface area contributed by atoms with E-state index in [0.29, 0.717) is 6.54 Å². The van der Waals surface area contributed by atoms with Crippen molar-refractivity contribution < 1.29 is 0 Å². The highest BCUT2D eigenvalue weighted by atomic mass is 35.5. The summed E-state index contributed by atoms with van der Waals surface area (Å²) in [5.41, 5.74) is 6.60. The van der Waals surface area contributed by atoms with Crippen molar-refractivity contribution in [2.75, 3.05) is 18.0 Å². The molecule has 0 aromatic carbocycles. The van der Waals surface area contributed by atoms with Gasteiger partial charge in [0.2, 0.25) is 0 Å². The minimum atomic E-state index is 0.474. The van der Waals surface area contributed by atoms with E-state index in [2.05, 4.69) is 9.88 Å². The summed E-state index contributed by atoms with van der Waals surface area (Å²) in [6.07, 6.45) is 5.55. The Kier molecular flexibility index (Phi) is 3.44. The predicted molar refractivity (Wildman–Crippen MR) is 63.2 cm³/mol. The Balaban J connectivity index is 2.26. The summed E-state index contributed by atoms with van der Waals surface area (Å²) >= 11 is 6.26. The second-order valence-corrected chi connectivity index (χ2v) is 4.24. The number of hydrogen-bond acceptors (Lipinski definition) is 3. The number of anilines is 1. The van der Waals surface area contributed by atoms with E-state index >= 15 is 0 Å². The molecule has 0 unspecified atom stereocenters. The van der Waals surface area contributed by atoms with Crippen LogP contribution in [0.25, 0.3) is 0 Å². The SMILES string of the molecule is NCc1ccnc(N2CCCCC2)c1Cl. The largest absolute Gasteiger partial charge is 0.355 e. The third kappa shape index (κ3) is 2.24. The number of nitrogens with two attached hydrogens (primary N) is 1. The van der Waals surface area contributed by atoms with Crippen LogP contribution in [0.5, 0.6) is 0 Å². The molecule has 0 saturated carbocycles. The standard InChI is InChI=1S/C11H16ClN3/c12-10-9(8-13)4-5-14-11(10)15-6-2-1-3-7-15/h4-5H,1-3,6-8,13H2. The molecule has 0 atom stereocenters. The fraction of sp³-hybridized carbons (Fsp3) is 0.545. The molecule has 3 nitrogen and oxygen atoms in total. The van der Waals surface area contributed by atoms with E-state index in [-0.39, 0.29) is 0 Å². The molecular weight excluding hydrogens is 210 g/mol. The normalized spacial score (nSPS) is 16.8. The van der Waals surface area contributed by atoms with Gasteiger partial charge in [0, 0.05) is 25.8 Å². The van der Waals surface area contributed by atoms with E-state index in [9.17, 15) is 0 Å². The summed E-state index contributed by atoms with van der Waals surface area (Å²) in [5, 5.41) is 0.724. The van der Waals surface area contributed by atoms with Crippen LogP contribution >= 0.6 is 11.6 Å². The predicted octanol–water partition coefficient (Wildman–Crippen LogP) is 2.18. The average molecular weight is 226 g/mol. The van der Waals surface area contributed by atoms with Gasteiger partial charge in [0.15, 0.2) is 0 Å². The molecule has 1 aromatic heterocycles. The summed E-state index contributed by atoms with van der Waals surface area (Å²) < 4.78 is 0. The van der Waals surface area contributed by atoms with Crippen LogP contribution in [0, 0.1) is 0 Å². The van der Waals surface area contributed by atoms with Gasteiger partial charge < -0.3 is 10.6 Å². The lowest BCUT2D eigenvalue weighted by atomic mass is 10.1. The molecule has 82 valence electrons. The lowest BCUT2D eigenvalue weighted by molar-refractivity contribution is 0.573. The zero-order valence-corrected chi connectivity index (χ0v) is 9.50. The van der Waals surface area contributed by atoms with Crippen LogP contribution in [-0.4, -0.2) is 18.1 Å². The van der Waals surface area contributed by atoms with Crippen LogP contribution in [-0.2, 0) is 6.54 Å². The molecule has 0 spiro atoms. The second-order valence-electron chi connectivity index (χ2n) is 3.86. The number of rotatable bonds is 2. The minimum Gasteiger partial charge on any atom is -0.355 e. The molecule has 1 fully saturated rings. The van der Waals surface area contributed by atoms with Crippen LogP contribution in [0.3, 0.4) is 0 Å². The van der Waals surface area contributed by atoms with Crippen molar-refractivity contribution >= 4 is 17.4 Å². The van der Waals surface area contributed by atoms with Gasteiger partial charge in [-0.15, -0.1) is 0 Å². The van der Waals surface area contributed by atoms with E-state index in [0.717, 1.165) is 29.5 Å². The molecular formula is C11H16ClN3. The molecule has 0 amide bonds. The van der Waals surface area contributed by atoms with Crippen LogP contribution in [0.1, 0.15) is 24.8 Å². The van der Waals surface area contributed by atoms with Crippen molar-refractivity contribution in [2.45, 2.75) is 25.8 Å². The first-order chi connectivity index (χ1) is 7.33. The first-order valence-corrected chi connectivity index (χ1v) is 5.79. The van der Waals surface area contributed by atoms with Gasteiger partial charge in [-0.1, -0.05) is 11.6 Å². The van der Waals surface area contributed by atoms with Crippen molar-refractivity contribution in [3.8, 4) is 0 Å². The van der Waals surface area contributed by atoms with E-state index < -0.39 is 0 Å². The molecule has 1 aliphatic heterocycles. The van der Waals surface area contributed by atoms with Crippen molar-refractivity contribution in [3.05, 3.63) is 22.8 Å². The Hall–Kier alpha value is -0.800. The number of aromatic nitrogens is 1. The molecule has 2 rings (SSSR count). The molecule has 0 bridgehead atoms. The maximum Gasteiger partial charge on any atom is 0.147 e. The molecule has 1 aromatic rings. The minimum absolute atomic E-state index is 0.474. The third-order valence-corrected chi connectivity index (χ3v) is 3.24. The molecule has 2 N–H and O–H groups in total. The molecule has 0 radical (unpaired) electrons. The highest BCUT2D eigenvalue weighted by Gasteiger charge is 2.16. The number of hydrogen-bond donors (Lipinski definition) is 1. The van der Waals surface area contributed by atoms with Crippen molar-refractivity contribution in [2.24, 2.45) is 5.73 Å². The first kappa shape index (κ1) is 10.7. The zero-order valence-electron chi connectivity index (χ0n) is 8.75. The van der Waals surface area contributed by atoms with Crippen LogP contribution < -0.4 is 10.6 Å². The Morgan fingerprint density at radius 3 is 2.73 bits per heavy atom. The maximum atomic E-state index is 6.26. The van der Waals surface area contributed by atoms with Crippen LogP contribution in [0.15, 0.2) is 12.3 Å². The molecule has 0 aliphatic carbocycles. The first-order valence-electron chi connectivity index (χ1n) is 5.41. The summed E-state index contributed by atoms with van der Waals surface area (Å²) in [7, 11) is 0. The summed E-state index contributed by atoms with van der Waals surface area (Å²) in [6, 6.07) is 1.88. The average Bonchev–Trinajstić information content (AvgIpc) is 2.30. The Morgan fingerprint density at radius 1 is 1.33 bits per heavy atom. The van der Waals surface area contributed by atoms with E-state index in [1.54, 1.807) is 6.20 Å². The van der Waals surface area contributed by atoms with Crippen LogP contribution in [0.2, 0.25) is 5.02 Å². The van der Waals surface area contributed by atoms with Gasteiger partial charge in [0.25, 0.3) is 0 Å². The molecule has 1 aliphatic rings. The summed E-state index contributed by atoms with van der Waals surface area (Å²) in [4.78, 5) is 6.60. The van der Waals surface area contributed by atoms with E-state index in [4.69, 9.17) is 17.3 Å². The van der Waals surface area contributed by atoms with Gasteiger partial charge in [-0.05, 0) is 30.9 Å². The van der Waals surface area contributed by atoms with Crippen molar-refractivity contribution in [1.29, 1.82) is 0 Å². The Bertz CT molecular complexity index is 335. The quantitative estimate of drug-likeness (QED) is 0.839. The fourth-order valence-corrected chi connectivity index (χ4v) is 2.26. The molecule has 2 heterocycles. The number of nitrogens with zero attached hydrogens (tertiary/aromatic N) is 2. The number of piperidine rings is 1. The topological polar surface area (TPSA) is 42.1 Å². The van der Waals surface area contributed by atoms with Gasteiger partial charge >= 0.3 is 0 Å². The number of pyridine rings is 1. The molecule has 15 heavy (non-hydrogen) atoms. The lowest BCUT2D eigenvalue weighted by Gasteiger charge is -2.28. The van der Waals surface area contributed by atoms with E-state index in [1.165, 1.54) is 19.3 Å². The van der Waals surface area contributed by atoms with Gasteiger partial charge in [0.05, 0.1) is 5.02 Å². The summed E-state index contributed by atoms with van der Waals surface area (Å²) in [5.74, 6) is 0.902. The Labute approximate surface area is 95.2 Å². The fourth-order valence-electron chi connectivity index (χ4n) is 1.96. The van der Waals surface area contributed by atoms with Gasteiger partial charge in [-0.25, -0.2) is 4.98 Å². The van der Waals surface area contributed by atoms with Gasteiger partial charge in [0.1, 0.15) is 5.82 Å². The molecule has 4 heteroatoms. The smallest absolute Gasteiger partial charge is 0.147 e. The van der Waals surface area contributed by atoms with Crippen molar-refractivity contribution in [3.63, 3.8) is 0 Å². The zero-order chi connectivity index (χ0) is 10.7. The van der Waals surface area contributed by atoms with Crippen LogP contribution in [0.4, 0.5) is 5.82 Å². The monoisotopic (exact) mass is 225 g/mol. The Morgan fingerprint density at radius 2 is 2.07 bits per heavy atom. The van der Waals surface area contributed by atoms with Gasteiger partial charge in [-0.2, -0.15) is 0 Å². The third-order valence-electron chi connectivity index (χ3n) is 2.83. The summed E-state index contributed by atoms with van der Waals surface area (Å²) in [6.45, 7) is 2.59. The maximum absolute atomic E-state index is 6.26. The van der Waals surface area contributed by atoms with Gasteiger partial charge in [-0.3, -0.25) is 0 Å².